The number of aromatic nitrogens is 3. The summed E-state index contributed by atoms with van der Waals surface area (Å²) in [5, 5.41) is 5.27. The maximum absolute atomic E-state index is 14.3. The largest absolute Gasteiger partial charge is 0.497 e. The van der Waals surface area contributed by atoms with Gasteiger partial charge < -0.3 is 9.30 Å². The average molecular weight is 397 g/mol. The van der Waals surface area contributed by atoms with Crippen LogP contribution in [0.15, 0.2) is 71.7 Å². The van der Waals surface area contributed by atoms with Gasteiger partial charge in [0, 0.05) is 30.3 Å². The lowest BCUT2D eigenvalue weighted by atomic mass is 10.1. The minimum Gasteiger partial charge on any atom is -0.497 e. The van der Waals surface area contributed by atoms with Crippen LogP contribution in [0.25, 0.3) is 27.8 Å². The molecule has 3 aromatic rings. The van der Waals surface area contributed by atoms with Crippen molar-refractivity contribution in [2.24, 2.45) is 0 Å². The van der Waals surface area contributed by atoms with Crippen molar-refractivity contribution in [2.45, 2.75) is 6.54 Å². The Morgan fingerprint density at radius 1 is 1.07 bits per heavy atom. The van der Waals surface area contributed by atoms with Gasteiger partial charge in [-0.25, -0.2) is 4.39 Å². The van der Waals surface area contributed by atoms with Crippen molar-refractivity contribution >= 4 is 10.9 Å². The molecule has 5 nitrogen and oxygen atoms in total. The molecule has 0 atom stereocenters. The molecule has 2 aliphatic rings. The van der Waals surface area contributed by atoms with Crippen LogP contribution in [-0.2, 0) is 6.54 Å². The Labute approximate surface area is 171 Å². The minimum atomic E-state index is -0.575. The van der Waals surface area contributed by atoms with Crippen LogP contribution in [0.5, 0.6) is 5.75 Å². The van der Waals surface area contributed by atoms with Crippen LogP contribution in [0.4, 0.5) is 4.39 Å². The zero-order chi connectivity index (χ0) is 20.7. The van der Waals surface area contributed by atoms with Gasteiger partial charge in [0.05, 0.1) is 18.2 Å². The summed E-state index contributed by atoms with van der Waals surface area (Å²) >= 11 is 0. The van der Waals surface area contributed by atoms with Crippen molar-refractivity contribution in [3.63, 3.8) is 0 Å². The summed E-state index contributed by atoms with van der Waals surface area (Å²) in [5.74, 6) is 0.209. The molecule has 0 fully saturated rings. The van der Waals surface area contributed by atoms with E-state index in [1.165, 1.54) is 6.07 Å². The first kappa shape index (κ1) is 18.0. The zero-order valence-corrected chi connectivity index (χ0v) is 16.1. The van der Waals surface area contributed by atoms with Crippen LogP contribution in [0.1, 0.15) is 5.56 Å². The van der Waals surface area contributed by atoms with Gasteiger partial charge in [-0.15, -0.1) is 0 Å². The Balaban J connectivity index is 1.72. The van der Waals surface area contributed by atoms with Gasteiger partial charge >= 0.3 is 0 Å². The number of hydrogen-bond acceptors (Lipinski definition) is 3. The molecule has 5 rings (SSSR count). The maximum atomic E-state index is 14.3. The summed E-state index contributed by atoms with van der Waals surface area (Å²) < 4.78 is 22.6. The number of methoxy groups -OCH3 is 1. The molecule has 3 aromatic carbocycles. The van der Waals surface area contributed by atoms with Gasteiger partial charge in [0.15, 0.2) is 5.82 Å². The molecule has 0 radical (unpaired) electrons. The Bertz CT molecular complexity index is 1390. The summed E-state index contributed by atoms with van der Waals surface area (Å²) in [7, 11) is 1.63. The fourth-order valence-corrected chi connectivity index (χ4v) is 3.62. The van der Waals surface area contributed by atoms with Crippen LogP contribution >= 0.6 is 0 Å². The molecule has 0 spiro atoms. The van der Waals surface area contributed by atoms with Crippen LogP contribution in [0, 0.1) is 17.9 Å². The van der Waals surface area contributed by atoms with E-state index in [9.17, 15) is 9.18 Å². The number of rotatable bonds is 4. The fraction of sp³-hybridized carbons (Fsp3) is 0.0833. The SMILES string of the molecule is COc1ccc(Cn2cc3c(=O)n(-c4cc#ccc4F)nc-3c3ccccc32)cc1. The third-order valence-corrected chi connectivity index (χ3v) is 5.11. The van der Waals surface area contributed by atoms with E-state index in [1.807, 2.05) is 53.1 Å². The molecule has 146 valence electrons. The molecule has 0 saturated carbocycles. The second-order valence-corrected chi connectivity index (χ2v) is 6.91. The molecule has 0 aliphatic carbocycles. The molecular weight excluding hydrogens is 381 g/mol. The number of halogens is 1. The predicted molar refractivity (Wildman–Crippen MR) is 112 cm³/mol. The third-order valence-electron chi connectivity index (χ3n) is 5.11. The standard InChI is InChI=1S/C24H16FN3O2/c1-30-17-12-10-16(11-13-17)14-27-15-19-23(18-6-2-4-8-21(18)27)26-28(24(19)29)22-9-5-3-7-20(22)25/h2,4,6-13,15H,14H2,1H3. The summed E-state index contributed by atoms with van der Waals surface area (Å²) in [6.45, 7) is 0.563. The number of ether oxygens (including phenoxy) is 1. The highest BCUT2D eigenvalue weighted by Gasteiger charge is 2.22. The van der Waals surface area contributed by atoms with Crippen molar-refractivity contribution in [1.82, 2.24) is 14.3 Å². The molecular formula is C24H16FN3O2. The molecule has 30 heavy (non-hydrogen) atoms. The summed E-state index contributed by atoms with van der Waals surface area (Å²) in [4.78, 5) is 13.1. The van der Waals surface area contributed by atoms with Gasteiger partial charge in [-0.05, 0) is 23.8 Å². The van der Waals surface area contributed by atoms with Gasteiger partial charge in [0.25, 0.3) is 5.56 Å². The van der Waals surface area contributed by atoms with Crippen LogP contribution in [0.3, 0.4) is 0 Å². The lowest BCUT2D eigenvalue weighted by Crippen LogP contribution is -2.16. The van der Waals surface area contributed by atoms with Crippen molar-refractivity contribution in [2.75, 3.05) is 7.11 Å². The lowest BCUT2D eigenvalue weighted by molar-refractivity contribution is 0.414. The summed E-state index contributed by atoms with van der Waals surface area (Å²) in [5.41, 5.74) is 2.63. The number of pyridine rings is 1. The molecule has 0 aromatic heterocycles. The van der Waals surface area contributed by atoms with E-state index >= 15 is 0 Å². The number of benzene rings is 2. The van der Waals surface area contributed by atoms with E-state index in [1.54, 1.807) is 13.3 Å². The van der Waals surface area contributed by atoms with Crippen LogP contribution in [0.2, 0.25) is 0 Å². The summed E-state index contributed by atoms with van der Waals surface area (Å²) in [6, 6.07) is 23.2. The Hall–Kier alpha value is -4.11. The molecule has 6 heteroatoms. The second kappa shape index (κ2) is 7.05. The van der Waals surface area contributed by atoms with Crippen molar-refractivity contribution in [1.29, 1.82) is 0 Å². The van der Waals surface area contributed by atoms with Gasteiger partial charge in [-0.2, -0.15) is 9.78 Å². The first-order valence-electron chi connectivity index (χ1n) is 9.37. The first-order valence-corrected chi connectivity index (χ1v) is 9.37. The third kappa shape index (κ3) is 2.88. The van der Waals surface area contributed by atoms with Gasteiger partial charge in [0.1, 0.15) is 17.1 Å². The first-order chi connectivity index (χ1) is 14.7. The van der Waals surface area contributed by atoms with E-state index in [4.69, 9.17) is 4.74 Å². The maximum Gasteiger partial charge on any atom is 0.282 e. The predicted octanol–water partition coefficient (Wildman–Crippen LogP) is 4.09. The molecule has 2 heterocycles. The van der Waals surface area contributed by atoms with E-state index in [0.29, 0.717) is 17.8 Å². The minimum absolute atomic E-state index is 0.0562. The lowest BCUT2D eigenvalue weighted by Gasteiger charge is -2.14. The topological polar surface area (TPSA) is 49.0 Å². The number of fused-ring (bicyclic) bond motifs is 3. The monoisotopic (exact) mass is 397 g/mol. The average Bonchev–Trinajstić information content (AvgIpc) is 3.11. The Morgan fingerprint density at radius 3 is 2.60 bits per heavy atom. The molecule has 0 saturated heterocycles. The highest BCUT2D eigenvalue weighted by Crippen LogP contribution is 2.29. The highest BCUT2D eigenvalue weighted by atomic mass is 19.1. The summed E-state index contributed by atoms with van der Waals surface area (Å²) in [6.07, 6.45) is 1.78. The van der Waals surface area contributed by atoms with E-state index in [-0.39, 0.29) is 11.2 Å². The second-order valence-electron chi connectivity index (χ2n) is 6.91. The van der Waals surface area contributed by atoms with Gasteiger partial charge in [-0.1, -0.05) is 42.5 Å². The normalized spacial score (nSPS) is 11.0. The quantitative estimate of drug-likeness (QED) is 0.459. The van der Waals surface area contributed by atoms with Crippen LogP contribution in [-0.4, -0.2) is 21.5 Å². The molecule has 0 amide bonds. The highest BCUT2D eigenvalue weighted by molar-refractivity contribution is 5.93. The Kier molecular flexibility index (Phi) is 4.22. The van der Waals surface area contributed by atoms with Crippen molar-refractivity contribution < 1.29 is 9.13 Å². The number of para-hydroxylation sites is 1. The Morgan fingerprint density at radius 2 is 1.83 bits per heavy atom. The van der Waals surface area contributed by atoms with Crippen LogP contribution < -0.4 is 10.3 Å². The molecule has 2 aliphatic heterocycles. The molecule has 0 bridgehead atoms. The number of hydrogen-bond donors (Lipinski definition) is 0. The van der Waals surface area contributed by atoms with E-state index in [2.05, 4.69) is 17.2 Å². The van der Waals surface area contributed by atoms with E-state index < -0.39 is 5.82 Å². The van der Waals surface area contributed by atoms with Gasteiger partial charge in [0.2, 0.25) is 0 Å². The van der Waals surface area contributed by atoms with E-state index in [0.717, 1.165) is 33.0 Å². The van der Waals surface area contributed by atoms with Crippen molar-refractivity contribution in [3.8, 4) is 22.7 Å². The van der Waals surface area contributed by atoms with Crippen molar-refractivity contribution in [3.05, 3.63) is 101 Å². The fourth-order valence-electron chi connectivity index (χ4n) is 3.62. The van der Waals surface area contributed by atoms with Gasteiger partial charge in [-0.3, -0.25) is 4.79 Å². The molecule has 0 N–H and O–H groups in total. The zero-order valence-electron chi connectivity index (χ0n) is 16.1. The number of nitrogens with zero attached hydrogens (tertiary/aromatic N) is 3. The molecule has 0 unspecified atom stereocenters. The smallest absolute Gasteiger partial charge is 0.282 e.